The monoisotopic (exact) mass is 207 g/mol. The van der Waals surface area contributed by atoms with Crippen molar-refractivity contribution < 1.29 is 4.79 Å². The molecule has 4 nitrogen and oxygen atoms in total. The fourth-order valence-electron chi connectivity index (χ4n) is 1.19. The lowest BCUT2D eigenvalue weighted by molar-refractivity contribution is 0.0994. The van der Waals surface area contributed by atoms with E-state index in [-0.39, 0.29) is 5.78 Å². The van der Waals surface area contributed by atoms with E-state index >= 15 is 0 Å². The summed E-state index contributed by atoms with van der Waals surface area (Å²) in [6, 6.07) is 1.93. The molecule has 5 heteroatoms. The largest absolute Gasteiger partial charge is 0.383 e. The first-order chi connectivity index (χ1) is 6.77. The molecular formula is C9H9N3OS. The zero-order chi connectivity index (χ0) is 9.97. The van der Waals surface area contributed by atoms with Gasteiger partial charge in [0.15, 0.2) is 5.78 Å². The van der Waals surface area contributed by atoms with Crippen LogP contribution >= 0.6 is 11.3 Å². The van der Waals surface area contributed by atoms with Crippen LogP contribution in [0.25, 0.3) is 0 Å². The topological polar surface area (TPSA) is 71.8 Å². The van der Waals surface area contributed by atoms with E-state index in [4.69, 9.17) is 5.73 Å². The number of carbonyl (C=O) groups is 1. The normalized spacial score (nSPS) is 10.3. The van der Waals surface area contributed by atoms with E-state index in [2.05, 4.69) is 10.2 Å². The summed E-state index contributed by atoms with van der Waals surface area (Å²) < 4.78 is 0. The molecule has 2 heterocycles. The van der Waals surface area contributed by atoms with E-state index in [1.54, 1.807) is 11.3 Å². The summed E-state index contributed by atoms with van der Waals surface area (Å²) in [5.74, 6) is 0.333. The molecule has 0 aliphatic rings. The van der Waals surface area contributed by atoms with Crippen LogP contribution in [0.4, 0.5) is 5.82 Å². The first-order valence-corrected chi connectivity index (χ1v) is 5.05. The Morgan fingerprint density at radius 1 is 1.64 bits per heavy atom. The van der Waals surface area contributed by atoms with E-state index in [1.165, 1.54) is 6.20 Å². The maximum Gasteiger partial charge on any atom is 0.172 e. The maximum atomic E-state index is 11.7. The van der Waals surface area contributed by atoms with Gasteiger partial charge in [0.1, 0.15) is 5.82 Å². The first kappa shape index (κ1) is 8.96. The molecule has 2 rings (SSSR count). The van der Waals surface area contributed by atoms with Gasteiger partial charge in [-0.25, -0.2) is 0 Å². The van der Waals surface area contributed by atoms with Gasteiger partial charge in [-0.3, -0.25) is 9.89 Å². The minimum Gasteiger partial charge on any atom is -0.383 e. The summed E-state index contributed by atoms with van der Waals surface area (Å²) in [5, 5.41) is 10.1. The molecule has 0 radical (unpaired) electrons. The Kier molecular flexibility index (Phi) is 2.32. The van der Waals surface area contributed by atoms with Crippen molar-refractivity contribution in [3.05, 3.63) is 34.2 Å². The van der Waals surface area contributed by atoms with Gasteiger partial charge in [-0.2, -0.15) is 16.4 Å². The predicted molar refractivity (Wildman–Crippen MR) is 55.4 cm³/mol. The molecule has 0 unspecified atom stereocenters. The first-order valence-electron chi connectivity index (χ1n) is 4.10. The van der Waals surface area contributed by atoms with Gasteiger partial charge in [-0.15, -0.1) is 0 Å². The highest BCUT2D eigenvalue weighted by Crippen LogP contribution is 2.13. The van der Waals surface area contributed by atoms with Crippen LogP contribution in [0, 0.1) is 0 Å². The van der Waals surface area contributed by atoms with Crippen LogP contribution in [0.2, 0.25) is 0 Å². The number of carbonyl (C=O) groups excluding carboxylic acids is 1. The van der Waals surface area contributed by atoms with Gasteiger partial charge in [0, 0.05) is 6.42 Å². The summed E-state index contributed by atoms with van der Waals surface area (Å²) in [7, 11) is 0. The van der Waals surface area contributed by atoms with Gasteiger partial charge in [-0.1, -0.05) is 0 Å². The minimum atomic E-state index is -0.00495. The quantitative estimate of drug-likeness (QED) is 0.749. The molecule has 0 bridgehead atoms. The number of rotatable bonds is 3. The Bertz CT molecular complexity index is 433. The van der Waals surface area contributed by atoms with Crippen molar-refractivity contribution in [2.75, 3.05) is 5.73 Å². The van der Waals surface area contributed by atoms with Crippen molar-refractivity contribution in [3.8, 4) is 0 Å². The molecular weight excluding hydrogens is 198 g/mol. The lowest BCUT2D eigenvalue weighted by Gasteiger charge is -1.96. The van der Waals surface area contributed by atoms with Gasteiger partial charge in [0.25, 0.3) is 0 Å². The van der Waals surface area contributed by atoms with Gasteiger partial charge in [0.2, 0.25) is 0 Å². The molecule has 72 valence electrons. The highest BCUT2D eigenvalue weighted by atomic mass is 32.1. The van der Waals surface area contributed by atoms with Gasteiger partial charge < -0.3 is 5.73 Å². The van der Waals surface area contributed by atoms with Crippen molar-refractivity contribution in [2.24, 2.45) is 0 Å². The van der Waals surface area contributed by atoms with Crippen molar-refractivity contribution in [2.45, 2.75) is 6.42 Å². The zero-order valence-corrected chi connectivity index (χ0v) is 8.17. The number of H-pyrrole nitrogens is 1. The molecule has 0 saturated heterocycles. The number of Topliss-reactive ketones (excluding diaryl/α,β-unsaturated/α-hetero) is 1. The molecule has 0 aliphatic heterocycles. The van der Waals surface area contributed by atoms with Crippen LogP contribution in [0.15, 0.2) is 23.0 Å². The van der Waals surface area contributed by atoms with E-state index in [0.717, 1.165) is 5.56 Å². The van der Waals surface area contributed by atoms with E-state index in [1.807, 2.05) is 16.8 Å². The molecule has 0 aromatic carbocycles. The molecule has 0 saturated carbocycles. The summed E-state index contributed by atoms with van der Waals surface area (Å²) in [5.41, 5.74) is 7.02. The van der Waals surface area contributed by atoms with Crippen molar-refractivity contribution >= 4 is 22.9 Å². The van der Waals surface area contributed by atoms with Crippen LogP contribution in [0.5, 0.6) is 0 Å². The number of aromatic amines is 1. The molecule has 2 aromatic rings. The Balaban J connectivity index is 2.14. The molecule has 0 spiro atoms. The number of thiophene rings is 1. The standard InChI is InChI=1S/C9H9N3OS/c10-9-7(4-11-12-9)8(13)3-6-1-2-14-5-6/h1-2,4-5H,3H2,(H3,10,11,12). The van der Waals surface area contributed by atoms with Crippen molar-refractivity contribution in [3.63, 3.8) is 0 Å². The Morgan fingerprint density at radius 3 is 3.07 bits per heavy atom. The molecule has 0 atom stereocenters. The SMILES string of the molecule is Nc1[nH]ncc1C(=O)Cc1ccsc1. The number of hydrogen-bond acceptors (Lipinski definition) is 4. The summed E-state index contributed by atoms with van der Waals surface area (Å²) in [6.07, 6.45) is 1.84. The van der Waals surface area contributed by atoms with Crippen molar-refractivity contribution in [1.82, 2.24) is 10.2 Å². The lowest BCUT2D eigenvalue weighted by Crippen LogP contribution is -2.04. The average Bonchev–Trinajstić information content (AvgIpc) is 2.75. The molecule has 0 amide bonds. The third-order valence-electron chi connectivity index (χ3n) is 1.91. The third kappa shape index (κ3) is 1.67. The molecule has 0 aliphatic carbocycles. The van der Waals surface area contributed by atoms with Gasteiger partial charge >= 0.3 is 0 Å². The van der Waals surface area contributed by atoms with Crippen LogP contribution < -0.4 is 5.73 Å². The summed E-state index contributed by atoms with van der Waals surface area (Å²) >= 11 is 1.58. The van der Waals surface area contributed by atoms with Gasteiger partial charge in [0.05, 0.1) is 11.8 Å². The van der Waals surface area contributed by atoms with E-state index < -0.39 is 0 Å². The second-order valence-corrected chi connectivity index (χ2v) is 3.71. The Morgan fingerprint density at radius 2 is 2.50 bits per heavy atom. The number of aromatic nitrogens is 2. The highest BCUT2D eigenvalue weighted by molar-refractivity contribution is 7.08. The minimum absolute atomic E-state index is 0.00495. The molecule has 0 fully saturated rings. The number of anilines is 1. The van der Waals surface area contributed by atoms with Crippen molar-refractivity contribution in [1.29, 1.82) is 0 Å². The fourth-order valence-corrected chi connectivity index (χ4v) is 1.86. The zero-order valence-electron chi connectivity index (χ0n) is 7.36. The summed E-state index contributed by atoms with van der Waals surface area (Å²) in [6.45, 7) is 0. The number of nitrogens with one attached hydrogen (secondary N) is 1. The summed E-state index contributed by atoms with van der Waals surface area (Å²) in [4.78, 5) is 11.7. The Hall–Kier alpha value is -1.62. The third-order valence-corrected chi connectivity index (χ3v) is 2.65. The average molecular weight is 207 g/mol. The number of nitrogen functional groups attached to an aromatic ring is 1. The highest BCUT2D eigenvalue weighted by Gasteiger charge is 2.12. The van der Waals surface area contributed by atoms with E-state index in [0.29, 0.717) is 17.8 Å². The number of hydrogen-bond donors (Lipinski definition) is 2. The number of ketones is 1. The maximum absolute atomic E-state index is 11.7. The predicted octanol–water partition coefficient (Wildman–Crippen LogP) is 1.48. The second-order valence-electron chi connectivity index (χ2n) is 2.93. The fraction of sp³-hybridized carbons (Fsp3) is 0.111. The van der Waals surface area contributed by atoms with Crippen LogP contribution in [0.3, 0.4) is 0 Å². The van der Waals surface area contributed by atoms with Crippen LogP contribution in [0.1, 0.15) is 15.9 Å². The van der Waals surface area contributed by atoms with Crippen LogP contribution in [-0.2, 0) is 6.42 Å². The second kappa shape index (κ2) is 3.63. The molecule has 3 N–H and O–H groups in total. The smallest absolute Gasteiger partial charge is 0.172 e. The van der Waals surface area contributed by atoms with E-state index in [9.17, 15) is 4.79 Å². The lowest BCUT2D eigenvalue weighted by atomic mass is 10.1. The Labute approximate surface area is 84.8 Å². The van der Waals surface area contributed by atoms with Gasteiger partial charge in [-0.05, 0) is 22.4 Å². The number of nitrogens with two attached hydrogens (primary N) is 1. The number of nitrogens with zero attached hydrogens (tertiary/aromatic N) is 1. The molecule has 14 heavy (non-hydrogen) atoms. The van der Waals surface area contributed by atoms with Crippen LogP contribution in [-0.4, -0.2) is 16.0 Å². The molecule has 2 aromatic heterocycles.